The van der Waals surface area contributed by atoms with Crippen molar-refractivity contribution in [1.82, 2.24) is 5.32 Å². The third-order valence-corrected chi connectivity index (χ3v) is 7.22. The van der Waals surface area contributed by atoms with E-state index in [0.717, 1.165) is 5.56 Å². The first-order chi connectivity index (χ1) is 14.0. The Balaban J connectivity index is 1.69. The van der Waals surface area contributed by atoms with Crippen LogP contribution in [0.15, 0.2) is 36.4 Å². The van der Waals surface area contributed by atoms with E-state index in [-0.39, 0.29) is 28.8 Å². The topological polar surface area (TPSA) is 95.6 Å². The van der Waals surface area contributed by atoms with Crippen LogP contribution >= 0.6 is 0 Å². The summed E-state index contributed by atoms with van der Waals surface area (Å²) in [5.41, 5.74) is 8.08. The quantitative estimate of drug-likeness (QED) is 0.429. The highest BCUT2D eigenvalue weighted by molar-refractivity contribution is 7.85. The van der Waals surface area contributed by atoms with Crippen molar-refractivity contribution in [2.45, 2.75) is 51.3 Å². The molecule has 0 amide bonds. The average Bonchev–Trinajstić information content (AvgIpc) is 2.67. The Kier molecular flexibility index (Phi) is 6.84. The lowest BCUT2D eigenvalue weighted by Crippen LogP contribution is -2.53. The standard InChI is InChI=1S/C23H31FN2O3S/c1-23(2,3)17-6-4-5-14(8-17)11-26-19-13-30(29)12-16(22(19)28)7-15-9-18(24)21(25)20(27)10-15/h4-6,8-10,16,19,22,26-28H,7,11-13,25H2,1-3H3/t16-,19+,22+,30-/m1/s1. The Morgan fingerprint density at radius 2 is 1.93 bits per heavy atom. The van der Waals surface area contributed by atoms with E-state index in [0.29, 0.717) is 30.0 Å². The molecule has 0 aliphatic carbocycles. The Morgan fingerprint density at radius 1 is 1.20 bits per heavy atom. The molecule has 0 radical (unpaired) electrons. The van der Waals surface area contributed by atoms with Gasteiger partial charge in [0.05, 0.1) is 6.10 Å². The molecule has 164 valence electrons. The molecule has 7 heteroatoms. The van der Waals surface area contributed by atoms with Crippen LogP contribution in [0, 0.1) is 11.7 Å². The van der Waals surface area contributed by atoms with Crippen LogP contribution in [-0.2, 0) is 29.2 Å². The molecule has 30 heavy (non-hydrogen) atoms. The number of hydrogen-bond acceptors (Lipinski definition) is 5. The summed E-state index contributed by atoms with van der Waals surface area (Å²) in [7, 11) is -1.09. The molecule has 0 bridgehead atoms. The number of benzene rings is 2. The van der Waals surface area contributed by atoms with Gasteiger partial charge in [-0.3, -0.25) is 4.21 Å². The van der Waals surface area contributed by atoms with Crippen LogP contribution in [-0.4, -0.2) is 38.1 Å². The largest absolute Gasteiger partial charge is 0.506 e. The van der Waals surface area contributed by atoms with E-state index in [1.54, 1.807) is 0 Å². The number of hydrogen-bond donors (Lipinski definition) is 4. The zero-order chi connectivity index (χ0) is 22.1. The number of phenolic OH excluding ortho intramolecular Hbond substituents is 1. The van der Waals surface area contributed by atoms with Crippen molar-refractivity contribution >= 4 is 16.5 Å². The molecule has 1 aliphatic rings. The van der Waals surface area contributed by atoms with Gasteiger partial charge in [0.2, 0.25) is 0 Å². The first kappa shape index (κ1) is 22.7. The highest BCUT2D eigenvalue weighted by Crippen LogP contribution is 2.29. The van der Waals surface area contributed by atoms with Crippen LogP contribution in [0.5, 0.6) is 5.75 Å². The predicted octanol–water partition coefficient (Wildman–Crippen LogP) is 2.85. The molecule has 1 saturated heterocycles. The molecule has 1 aliphatic heterocycles. The molecular formula is C23H31FN2O3S. The van der Waals surface area contributed by atoms with Crippen molar-refractivity contribution < 1.29 is 18.8 Å². The van der Waals surface area contributed by atoms with Crippen molar-refractivity contribution in [2.24, 2.45) is 5.92 Å². The number of phenols is 1. The predicted molar refractivity (Wildman–Crippen MR) is 119 cm³/mol. The third-order valence-electron chi connectivity index (χ3n) is 5.69. The van der Waals surface area contributed by atoms with Crippen molar-refractivity contribution in [1.29, 1.82) is 0 Å². The second-order valence-corrected chi connectivity index (χ2v) is 10.7. The molecule has 0 unspecified atom stereocenters. The van der Waals surface area contributed by atoms with E-state index in [1.807, 2.05) is 12.1 Å². The number of nitrogen functional groups attached to an aromatic ring is 1. The number of nitrogens with one attached hydrogen (secondary N) is 1. The monoisotopic (exact) mass is 434 g/mol. The minimum Gasteiger partial charge on any atom is -0.506 e. The fraction of sp³-hybridized carbons (Fsp3) is 0.478. The van der Waals surface area contributed by atoms with Crippen molar-refractivity contribution in [3.8, 4) is 5.75 Å². The lowest BCUT2D eigenvalue weighted by molar-refractivity contribution is 0.0794. The summed E-state index contributed by atoms with van der Waals surface area (Å²) in [5, 5.41) is 24.0. The second-order valence-electron chi connectivity index (χ2n) is 9.18. The summed E-state index contributed by atoms with van der Waals surface area (Å²) in [6.07, 6.45) is -0.411. The number of aliphatic hydroxyl groups excluding tert-OH is 1. The molecule has 1 heterocycles. The van der Waals surface area contributed by atoms with Crippen LogP contribution in [0.2, 0.25) is 0 Å². The first-order valence-corrected chi connectivity index (χ1v) is 11.7. The van der Waals surface area contributed by atoms with Gasteiger partial charge in [0.15, 0.2) is 0 Å². The molecule has 5 N–H and O–H groups in total. The average molecular weight is 435 g/mol. The third kappa shape index (κ3) is 5.39. The highest BCUT2D eigenvalue weighted by Gasteiger charge is 2.35. The van der Waals surface area contributed by atoms with E-state index in [2.05, 4.69) is 38.2 Å². The van der Waals surface area contributed by atoms with Gasteiger partial charge in [0.25, 0.3) is 0 Å². The van der Waals surface area contributed by atoms with Crippen LogP contribution in [0.3, 0.4) is 0 Å². The van der Waals surface area contributed by atoms with Gasteiger partial charge < -0.3 is 21.3 Å². The van der Waals surface area contributed by atoms with Gasteiger partial charge in [-0.1, -0.05) is 45.0 Å². The molecule has 0 aromatic heterocycles. The Bertz CT molecular complexity index is 906. The fourth-order valence-corrected chi connectivity index (χ4v) is 5.51. The van der Waals surface area contributed by atoms with Gasteiger partial charge in [-0.15, -0.1) is 0 Å². The fourth-order valence-electron chi connectivity index (χ4n) is 3.87. The molecule has 2 aromatic carbocycles. The summed E-state index contributed by atoms with van der Waals surface area (Å²) < 4.78 is 26.3. The normalized spacial score (nSPS) is 24.7. The van der Waals surface area contributed by atoms with E-state index >= 15 is 0 Å². The number of aromatic hydroxyl groups is 1. The SMILES string of the molecule is CC(C)(C)c1cccc(CN[C@H]2C[S@](=O)C[C@@H](Cc3cc(O)c(N)c(F)c3)[C@@H]2O)c1. The van der Waals surface area contributed by atoms with E-state index < -0.39 is 22.7 Å². The van der Waals surface area contributed by atoms with Crippen molar-refractivity contribution in [3.05, 3.63) is 58.9 Å². The van der Waals surface area contributed by atoms with Crippen LogP contribution < -0.4 is 11.1 Å². The van der Waals surface area contributed by atoms with Crippen molar-refractivity contribution in [2.75, 3.05) is 17.2 Å². The summed E-state index contributed by atoms with van der Waals surface area (Å²) in [6, 6.07) is 10.7. The minimum absolute atomic E-state index is 0.0485. The van der Waals surface area contributed by atoms with Gasteiger partial charge in [0.1, 0.15) is 17.3 Å². The zero-order valence-corrected chi connectivity index (χ0v) is 18.5. The van der Waals surface area contributed by atoms with Gasteiger partial charge >= 0.3 is 0 Å². The van der Waals surface area contributed by atoms with Gasteiger partial charge in [-0.05, 0) is 40.7 Å². The van der Waals surface area contributed by atoms with E-state index in [4.69, 9.17) is 5.73 Å². The smallest absolute Gasteiger partial charge is 0.150 e. The number of anilines is 1. The van der Waals surface area contributed by atoms with Crippen LogP contribution in [0.25, 0.3) is 0 Å². The first-order valence-electron chi connectivity index (χ1n) is 10.2. The molecule has 4 atom stereocenters. The molecule has 5 nitrogen and oxygen atoms in total. The van der Waals surface area contributed by atoms with Crippen molar-refractivity contribution in [3.63, 3.8) is 0 Å². The van der Waals surface area contributed by atoms with E-state index in [9.17, 15) is 18.8 Å². The minimum atomic E-state index is -1.09. The van der Waals surface area contributed by atoms with E-state index in [1.165, 1.54) is 17.7 Å². The Hall–Kier alpha value is -1.96. The molecular weight excluding hydrogens is 403 g/mol. The summed E-state index contributed by atoms with van der Waals surface area (Å²) in [4.78, 5) is 0. The van der Waals surface area contributed by atoms with Gasteiger partial charge in [0, 0.05) is 40.8 Å². The number of nitrogens with two attached hydrogens (primary N) is 1. The maximum atomic E-state index is 13.8. The van der Waals surface area contributed by atoms with Crippen LogP contribution in [0.1, 0.15) is 37.5 Å². The Labute approximate surface area is 180 Å². The highest BCUT2D eigenvalue weighted by atomic mass is 32.2. The summed E-state index contributed by atoms with van der Waals surface area (Å²) >= 11 is 0. The molecule has 0 saturated carbocycles. The maximum absolute atomic E-state index is 13.8. The number of halogens is 1. The molecule has 1 fully saturated rings. The lowest BCUT2D eigenvalue weighted by Gasteiger charge is -2.35. The lowest BCUT2D eigenvalue weighted by atomic mass is 9.86. The second kappa shape index (κ2) is 9.04. The maximum Gasteiger partial charge on any atom is 0.150 e. The molecule has 3 rings (SSSR count). The van der Waals surface area contributed by atoms with Gasteiger partial charge in [-0.25, -0.2) is 4.39 Å². The van der Waals surface area contributed by atoms with Crippen LogP contribution in [0.4, 0.5) is 10.1 Å². The summed E-state index contributed by atoms with van der Waals surface area (Å²) in [6.45, 7) is 7.05. The summed E-state index contributed by atoms with van der Waals surface area (Å²) in [5.74, 6) is -0.598. The zero-order valence-electron chi connectivity index (χ0n) is 17.7. The van der Waals surface area contributed by atoms with Gasteiger partial charge in [-0.2, -0.15) is 0 Å². The number of rotatable bonds is 5. The number of aliphatic hydroxyl groups is 1. The molecule has 2 aromatic rings. The molecule has 0 spiro atoms. The Morgan fingerprint density at radius 3 is 2.60 bits per heavy atom.